The number of aryl methyl sites for hydroxylation is 2. The van der Waals surface area contributed by atoms with Crippen molar-refractivity contribution < 1.29 is 4.79 Å². The maximum absolute atomic E-state index is 12.8. The van der Waals surface area contributed by atoms with Gasteiger partial charge in [0.1, 0.15) is 0 Å². The molecule has 0 aliphatic carbocycles. The highest BCUT2D eigenvalue weighted by molar-refractivity contribution is 6.03. The van der Waals surface area contributed by atoms with E-state index >= 15 is 0 Å². The monoisotopic (exact) mass is 404 g/mol. The quantitative estimate of drug-likeness (QED) is 0.707. The zero-order valence-corrected chi connectivity index (χ0v) is 17.8. The van der Waals surface area contributed by atoms with Gasteiger partial charge in [-0.15, -0.1) is 5.10 Å². The number of anilines is 2. The van der Waals surface area contributed by atoms with E-state index in [4.69, 9.17) is 0 Å². The van der Waals surface area contributed by atoms with Crippen molar-refractivity contribution in [1.82, 2.24) is 19.9 Å². The van der Waals surface area contributed by atoms with Gasteiger partial charge < -0.3 is 15.1 Å². The standard InChI is InChI=1S/C23H28N6O/c1-4-27-12-14-28(15-13-27)21-11-10-19(16-17(21)2)24-23(30)22-18(3)25-29(26-22)20-8-6-5-7-9-20/h5-11,16H,4,12-15H2,1-3H3,(H,24,30). The van der Waals surface area contributed by atoms with Crippen LogP contribution in [0.4, 0.5) is 11.4 Å². The minimum absolute atomic E-state index is 0.251. The first-order valence-corrected chi connectivity index (χ1v) is 10.4. The first-order chi connectivity index (χ1) is 14.5. The van der Waals surface area contributed by atoms with Gasteiger partial charge in [-0.25, -0.2) is 0 Å². The van der Waals surface area contributed by atoms with Gasteiger partial charge in [-0.2, -0.15) is 9.90 Å². The minimum Gasteiger partial charge on any atom is -0.369 e. The number of carbonyl (C=O) groups excluding carboxylic acids is 1. The van der Waals surface area contributed by atoms with E-state index in [9.17, 15) is 4.79 Å². The molecule has 1 fully saturated rings. The third-order valence-electron chi connectivity index (χ3n) is 5.60. The smallest absolute Gasteiger partial charge is 0.278 e. The van der Waals surface area contributed by atoms with E-state index < -0.39 is 0 Å². The average molecular weight is 405 g/mol. The van der Waals surface area contributed by atoms with E-state index in [1.54, 1.807) is 6.92 Å². The molecule has 0 spiro atoms. The summed E-state index contributed by atoms with van der Waals surface area (Å²) in [6, 6.07) is 15.7. The molecule has 156 valence electrons. The third kappa shape index (κ3) is 4.21. The van der Waals surface area contributed by atoms with Crippen molar-refractivity contribution in [2.45, 2.75) is 20.8 Å². The van der Waals surface area contributed by atoms with Crippen LogP contribution >= 0.6 is 0 Å². The fourth-order valence-corrected chi connectivity index (χ4v) is 3.85. The van der Waals surface area contributed by atoms with Crippen LogP contribution in [0.3, 0.4) is 0 Å². The van der Waals surface area contributed by atoms with Gasteiger partial charge in [0.05, 0.1) is 11.4 Å². The fraction of sp³-hybridized carbons (Fsp3) is 0.348. The predicted molar refractivity (Wildman–Crippen MR) is 120 cm³/mol. The first-order valence-electron chi connectivity index (χ1n) is 10.4. The Hall–Kier alpha value is -3.19. The highest BCUT2D eigenvalue weighted by Gasteiger charge is 2.19. The van der Waals surface area contributed by atoms with Gasteiger partial charge in [-0.3, -0.25) is 4.79 Å². The number of amides is 1. The highest BCUT2D eigenvalue weighted by atomic mass is 16.2. The van der Waals surface area contributed by atoms with Crippen molar-refractivity contribution in [3.8, 4) is 5.69 Å². The molecule has 3 aromatic rings. The number of hydrogen-bond acceptors (Lipinski definition) is 5. The lowest BCUT2D eigenvalue weighted by atomic mass is 10.1. The molecule has 1 aliphatic heterocycles. The molecule has 4 rings (SSSR count). The summed E-state index contributed by atoms with van der Waals surface area (Å²) in [5.74, 6) is -0.251. The molecular weight excluding hydrogens is 376 g/mol. The Bertz CT molecular complexity index is 1020. The van der Waals surface area contributed by atoms with Crippen LogP contribution in [0.5, 0.6) is 0 Å². The molecule has 0 saturated carbocycles. The summed E-state index contributed by atoms with van der Waals surface area (Å²) in [4.78, 5) is 19.2. The lowest BCUT2D eigenvalue weighted by molar-refractivity contribution is 0.102. The number of piperazine rings is 1. The van der Waals surface area contributed by atoms with Crippen molar-refractivity contribution in [2.24, 2.45) is 0 Å². The van der Waals surface area contributed by atoms with Crippen molar-refractivity contribution >= 4 is 17.3 Å². The first kappa shape index (κ1) is 20.1. The number of aromatic nitrogens is 3. The van der Waals surface area contributed by atoms with Crippen LogP contribution in [0.15, 0.2) is 48.5 Å². The van der Waals surface area contributed by atoms with E-state index in [-0.39, 0.29) is 5.91 Å². The SMILES string of the molecule is CCN1CCN(c2ccc(NC(=O)c3nn(-c4ccccc4)nc3C)cc2C)CC1. The number of nitrogens with zero attached hydrogens (tertiary/aromatic N) is 5. The second-order valence-electron chi connectivity index (χ2n) is 7.64. The normalized spacial score (nSPS) is 14.7. The van der Waals surface area contributed by atoms with E-state index in [0.29, 0.717) is 11.4 Å². The molecule has 1 N–H and O–H groups in total. The van der Waals surface area contributed by atoms with Crippen LogP contribution in [0.25, 0.3) is 5.69 Å². The molecule has 2 aromatic carbocycles. The zero-order valence-electron chi connectivity index (χ0n) is 17.8. The molecule has 1 amide bonds. The van der Waals surface area contributed by atoms with E-state index in [1.165, 1.54) is 10.5 Å². The topological polar surface area (TPSA) is 66.3 Å². The largest absolute Gasteiger partial charge is 0.369 e. The molecule has 2 heterocycles. The average Bonchev–Trinajstić information content (AvgIpc) is 3.16. The Morgan fingerprint density at radius 1 is 1.00 bits per heavy atom. The Kier molecular flexibility index (Phi) is 5.81. The second-order valence-corrected chi connectivity index (χ2v) is 7.64. The summed E-state index contributed by atoms with van der Waals surface area (Å²) in [5.41, 5.74) is 4.90. The molecule has 0 bridgehead atoms. The number of rotatable bonds is 5. The van der Waals surface area contributed by atoms with Crippen LogP contribution in [-0.4, -0.2) is 58.5 Å². The Labute approximate surface area is 177 Å². The molecular formula is C23H28N6O. The van der Waals surface area contributed by atoms with Gasteiger partial charge >= 0.3 is 0 Å². The summed E-state index contributed by atoms with van der Waals surface area (Å²) in [6.07, 6.45) is 0. The van der Waals surface area contributed by atoms with Crippen molar-refractivity contribution in [2.75, 3.05) is 42.9 Å². The van der Waals surface area contributed by atoms with Crippen LogP contribution in [0.1, 0.15) is 28.7 Å². The zero-order chi connectivity index (χ0) is 21.1. The van der Waals surface area contributed by atoms with Crippen LogP contribution < -0.4 is 10.2 Å². The summed E-state index contributed by atoms with van der Waals surface area (Å²) < 4.78 is 0. The lowest BCUT2D eigenvalue weighted by Crippen LogP contribution is -2.46. The maximum Gasteiger partial charge on any atom is 0.278 e. The number of para-hydroxylation sites is 1. The molecule has 7 heteroatoms. The van der Waals surface area contributed by atoms with E-state index in [0.717, 1.165) is 49.7 Å². The van der Waals surface area contributed by atoms with Gasteiger partial charge in [-0.05, 0) is 56.3 Å². The molecule has 30 heavy (non-hydrogen) atoms. The van der Waals surface area contributed by atoms with Gasteiger partial charge in [0, 0.05) is 37.6 Å². The van der Waals surface area contributed by atoms with Crippen molar-refractivity contribution in [1.29, 1.82) is 0 Å². The Balaban J connectivity index is 1.46. The van der Waals surface area contributed by atoms with Crippen molar-refractivity contribution in [3.05, 3.63) is 65.5 Å². The van der Waals surface area contributed by atoms with E-state index in [1.807, 2.05) is 42.5 Å². The lowest BCUT2D eigenvalue weighted by Gasteiger charge is -2.36. The minimum atomic E-state index is -0.251. The summed E-state index contributed by atoms with van der Waals surface area (Å²) in [7, 11) is 0. The van der Waals surface area contributed by atoms with Crippen LogP contribution in [-0.2, 0) is 0 Å². The van der Waals surface area contributed by atoms with Crippen molar-refractivity contribution in [3.63, 3.8) is 0 Å². The Morgan fingerprint density at radius 2 is 1.73 bits per heavy atom. The van der Waals surface area contributed by atoms with Gasteiger partial charge in [-0.1, -0.05) is 25.1 Å². The molecule has 0 unspecified atom stereocenters. The predicted octanol–water partition coefficient (Wildman–Crippen LogP) is 3.28. The maximum atomic E-state index is 12.8. The van der Waals surface area contributed by atoms with Gasteiger partial charge in [0.2, 0.25) is 0 Å². The summed E-state index contributed by atoms with van der Waals surface area (Å²) >= 11 is 0. The summed E-state index contributed by atoms with van der Waals surface area (Å²) in [5, 5.41) is 11.7. The molecule has 1 aromatic heterocycles. The molecule has 7 nitrogen and oxygen atoms in total. The highest BCUT2D eigenvalue weighted by Crippen LogP contribution is 2.25. The molecule has 0 atom stereocenters. The van der Waals surface area contributed by atoms with E-state index in [2.05, 4.69) is 45.2 Å². The fourth-order valence-electron chi connectivity index (χ4n) is 3.85. The number of likely N-dealkylation sites (N-methyl/N-ethyl adjacent to an activating group) is 1. The second kappa shape index (κ2) is 8.67. The molecule has 1 saturated heterocycles. The Morgan fingerprint density at radius 3 is 2.40 bits per heavy atom. The van der Waals surface area contributed by atoms with Gasteiger partial charge in [0.25, 0.3) is 5.91 Å². The molecule has 0 radical (unpaired) electrons. The number of benzene rings is 2. The molecule has 1 aliphatic rings. The third-order valence-corrected chi connectivity index (χ3v) is 5.60. The summed E-state index contributed by atoms with van der Waals surface area (Å²) in [6.45, 7) is 11.4. The van der Waals surface area contributed by atoms with Gasteiger partial charge in [0.15, 0.2) is 5.69 Å². The van der Waals surface area contributed by atoms with Crippen LogP contribution in [0.2, 0.25) is 0 Å². The number of carbonyl (C=O) groups is 1. The van der Waals surface area contributed by atoms with Crippen LogP contribution in [0, 0.1) is 13.8 Å². The number of hydrogen-bond donors (Lipinski definition) is 1. The number of nitrogens with one attached hydrogen (secondary N) is 1.